The van der Waals surface area contributed by atoms with Crippen LogP contribution < -0.4 is 11.2 Å². The predicted molar refractivity (Wildman–Crippen MR) is 105 cm³/mol. The van der Waals surface area contributed by atoms with Crippen LogP contribution in [0.5, 0.6) is 0 Å². The summed E-state index contributed by atoms with van der Waals surface area (Å²) in [6.45, 7) is -0.470. The summed E-state index contributed by atoms with van der Waals surface area (Å²) in [7, 11) is -4.69. The van der Waals surface area contributed by atoms with E-state index in [0.717, 1.165) is 9.47 Å². The van der Waals surface area contributed by atoms with Gasteiger partial charge in [-0.05, 0) is 19.1 Å². The van der Waals surface area contributed by atoms with Crippen molar-refractivity contribution in [1.82, 2.24) is 18.8 Å². The Kier molecular flexibility index (Phi) is 5.94. The number of amides is 2. The molecule has 0 unspecified atom stereocenters. The van der Waals surface area contributed by atoms with Gasteiger partial charge in [0.05, 0.1) is 17.5 Å². The Morgan fingerprint density at radius 3 is 2.56 bits per heavy atom. The number of H-pyrrole nitrogens is 1. The largest absolute Gasteiger partial charge is 0.330 e. The standard InChI is InChI=1S/C17H16FN5O8S/c1-10-7-21(17(27)19-16(10)26)8-14(24)20-4-5-22(15(25)9-20)32(30,31)13-3-2-11(18)6-12(13)23(28)29/h2-3,6-7H,4-5,8-9H2,1H3,(H,19,26,27). The van der Waals surface area contributed by atoms with Crippen LogP contribution in [0.25, 0.3) is 0 Å². The Morgan fingerprint density at radius 2 is 1.94 bits per heavy atom. The number of carbonyl (C=O) groups excluding carboxylic acids is 2. The maximum Gasteiger partial charge on any atom is 0.328 e. The number of nitrogens with zero attached hydrogens (tertiary/aromatic N) is 4. The van der Waals surface area contributed by atoms with Crippen LogP contribution >= 0.6 is 0 Å². The highest BCUT2D eigenvalue weighted by molar-refractivity contribution is 7.89. The Hall–Kier alpha value is -3.88. The number of piperazine rings is 1. The summed E-state index contributed by atoms with van der Waals surface area (Å²) in [6.07, 6.45) is 1.18. The summed E-state index contributed by atoms with van der Waals surface area (Å²) in [4.78, 5) is 60.5. The molecular weight excluding hydrogens is 453 g/mol. The molecule has 13 nitrogen and oxygen atoms in total. The highest BCUT2D eigenvalue weighted by Gasteiger charge is 2.39. The second-order valence-corrected chi connectivity index (χ2v) is 8.69. The van der Waals surface area contributed by atoms with Crippen molar-refractivity contribution >= 4 is 27.5 Å². The van der Waals surface area contributed by atoms with Gasteiger partial charge in [0.25, 0.3) is 27.2 Å². The number of sulfonamides is 1. The molecule has 2 amide bonds. The number of nitro benzene ring substituents is 1. The highest BCUT2D eigenvalue weighted by atomic mass is 32.2. The average Bonchev–Trinajstić information content (AvgIpc) is 2.71. The summed E-state index contributed by atoms with van der Waals surface area (Å²) in [5.41, 5.74) is -2.28. The lowest BCUT2D eigenvalue weighted by Gasteiger charge is -2.33. The minimum absolute atomic E-state index is 0.185. The van der Waals surface area contributed by atoms with Gasteiger partial charge in [0.2, 0.25) is 5.91 Å². The van der Waals surface area contributed by atoms with Gasteiger partial charge in [-0.1, -0.05) is 0 Å². The Morgan fingerprint density at radius 1 is 1.25 bits per heavy atom. The van der Waals surface area contributed by atoms with E-state index in [1.54, 1.807) is 0 Å². The molecule has 1 fully saturated rings. The monoisotopic (exact) mass is 469 g/mol. The van der Waals surface area contributed by atoms with Crippen molar-refractivity contribution in [2.24, 2.45) is 0 Å². The van der Waals surface area contributed by atoms with E-state index >= 15 is 0 Å². The molecule has 1 aromatic heterocycles. The smallest absolute Gasteiger partial charge is 0.328 e. The van der Waals surface area contributed by atoms with Crippen LogP contribution in [0.1, 0.15) is 5.56 Å². The van der Waals surface area contributed by atoms with Gasteiger partial charge < -0.3 is 4.90 Å². The molecule has 2 aromatic rings. The fraction of sp³-hybridized carbons (Fsp3) is 0.294. The van der Waals surface area contributed by atoms with E-state index in [4.69, 9.17) is 0 Å². The number of rotatable bonds is 5. The number of aromatic amines is 1. The van der Waals surface area contributed by atoms with Crippen molar-refractivity contribution in [3.05, 3.63) is 66.7 Å². The number of carbonyl (C=O) groups is 2. The van der Waals surface area contributed by atoms with Crippen LogP contribution in [0, 0.1) is 22.9 Å². The van der Waals surface area contributed by atoms with Gasteiger partial charge in [0.1, 0.15) is 18.9 Å². The molecule has 2 heterocycles. The maximum atomic E-state index is 13.3. The molecule has 32 heavy (non-hydrogen) atoms. The summed E-state index contributed by atoms with van der Waals surface area (Å²) >= 11 is 0. The highest BCUT2D eigenvalue weighted by Crippen LogP contribution is 2.28. The molecule has 1 aromatic carbocycles. The first kappa shape index (κ1) is 22.8. The molecule has 170 valence electrons. The van der Waals surface area contributed by atoms with Crippen molar-refractivity contribution in [3.8, 4) is 0 Å². The fourth-order valence-electron chi connectivity index (χ4n) is 3.08. The van der Waals surface area contributed by atoms with Crippen molar-refractivity contribution in [2.45, 2.75) is 18.4 Å². The molecule has 15 heteroatoms. The van der Waals surface area contributed by atoms with E-state index < -0.39 is 74.0 Å². The minimum Gasteiger partial charge on any atom is -0.330 e. The summed E-state index contributed by atoms with van der Waals surface area (Å²) in [5.74, 6) is -2.74. The average molecular weight is 469 g/mol. The first-order valence-corrected chi connectivity index (χ1v) is 10.4. The number of aryl methyl sites for hydroxylation is 1. The minimum atomic E-state index is -4.69. The normalized spacial score (nSPS) is 14.5. The van der Waals surface area contributed by atoms with E-state index in [9.17, 15) is 42.1 Å². The number of nitrogens with one attached hydrogen (secondary N) is 1. The lowest BCUT2D eigenvalue weighted by atomic mass is 10.3. The lowest BCUT2D eigenvalue weighted by Crippen LogP contribution is -2.54. The molecular formula is C17H16FN5O8S. The third-order valence-electron chi connectivity index (χ3n) is 4.71. The van der Waals surface area contributed by atoms with Gasteiger partial charge in [-0.15, -0.1) is 0 Å². The molecule has 1 aliphatic rings. The van der Waals surface area contributed by atoms with Gasteiger partial charge in [0, 0.05) is 18.3 Å². The third-order valence-corrected chi connectivity index (χ3v) is 6.58. The Balaban J connectivity index is 1.80. The molecule has 0 aliphatic carbocycles. The summed E-state index contributed by atoms with van der Waals surface area (Å²) < 4.78 is 40.3. The van der Waals surface area contributed by atoms with E-state index in [1.807, 2.05) is 4.98 Å². The van der Waals surface area contributed by atoms with Gasteiger partial charge >= 0.3 is 5.69 Å². The zero-order valence-electron chi connectivity index (χ0n) is 16.5. The zero-order valence-corrected chi connectivity index (χ0v) is 17.3. The SMILES string of the molecule is Cc1cn(CC(=O)N2CCN(S(=O)(=O)c3ccc(F)cc3[N+](=O)[O-])C(=O)C2)c(=O)[nH]c1=O. The first-order chi connectivity index (χ1) is 14.9. The number of aromatic nitrogens is 2. The molecule has 0 bridgehead atoms. The zero-order chi connectivity index (χ0) is 23.8. The molecule has 0 atom stereocenters. The quantitative estimate of drug-likeness (QED) is 0.427. The number of benzene rings is 1. The van der Waals surface area contributed by atoms with Crippen LogP contribution in [-0.2, 0) is 26.2 Å². The van der Waals surface area contributed by atoms with Crippen LogP contribution in [0.2, 0.25) is 0 Å². The van der Waals surface area contributed by atoms with Crippen LogP contribution in [0.4, 0.5) is 10.1 Å². The van der Waals surface area contributed by atoms with Crippen molar-refractivity contribution in [2.75, 3.05) is 19.6 Å². The molecule has 1 saturated heterocycles. The maximum absolute atomic E-state index is 13.3. The van der Waals surface area contributed by atoms with E-state index in [1.165, 1.54) is 13.1 Å². The van der Waals surface area contributed by atoms with Gasteiger partial charge in [0.15, 0.2) is 4.90 Å². The second-order valence-electron chi connectivity index (χ2n) is 6.85. The lowest BCUT2D eigenvalue weighted by molar-refractivity contribution is -0.388. The number of hydrogen-bond donors (Lipinski definition) is 1. The molecule has 0 spiro atoms. The molecule has 0 radical (unpaired) electrons. The van der Waals surface area contributed by atoms with Crippen molar-refractivity contribution < 1.29 is 27.3 Å². The third kappa shape index (κ3) is 4.27. The number of nitro groups is 1. The summed E-state index contributed by atoms with van der Waals surface area (Å²) in [5, 5.41) is 11.1. The molecule has 1 aliphatic heterocycles. The topological polar surface area (TPSA) is 173 Å². The Bertz CT molecular complexity index is 1350. The van der Waals surface area contributed by atoms with Crippen LogP contribution in [0.3, 0.4) is 0 Å². The van der Waals surface area contributed by atoms with Crippen molar-refractivity contribution in [3.63, 3.8) is 0 Å². The van der Waals surface area contributed by atoms with Gasteiger partial charge in [-0.3, -0.25) is 34.0 Å². The van der Waals surface area contributed by atoms with Gasteiger partial charge in [-0.2, -0.15) is 0 Å². The molecule has 1 N–H and O–H groups in total. The predicted octanol–water partition coefficient (Wildman–Crippen LogP) is -1.05. The Labute approximate surface area is 178 Å². The van der Waals surface area contributed by atoms with E-state index in [-0.39, 0.29) is 12.1 Å². The first-order valence-electron chi connectivity index (χ1n) is 8.99. The molecule has 3 rings (SSSR count). The summed E-state index contributed by atoms with van der Waals surface area (Å²) in [6, 6.07) is 1.84. The van der Waals surface area contributed by atoms with Gasteiger partial charge in [-0.25, -0.2) is 21.9 Å². The second kappa shape index (κ2) is 8.33. The van der Waals surface area contributed by atoms with Crippen molar-refractivity contribution in [1.29, 1.82) is 0 Å². The van der Waals surface area contributed by atoms with Crippen LogP contribution in [-0.4, -0.2) is 63.5 Å². The van der Waals surface area contributed by atoms with E-state index in [2.05, 4.69) is 0 Å². The van der Waals surface area contributed by atoms with Crippen LogP contribution in [0.15, 0.2) is 38.9 Å². The molecule has 0 saturated carbocycles. The number of hydrogen-bond acceptors (Lipinski definition) is 8. The number of halogens is 1. The fourth-order valence-corrected chi connectivity index (χ4v) is 4.60. The van der Waals surface area contributed by atoms with E-state index in [0.29, 0.717) is 22.5 Å².